The number of aromatic nitrogens is 1. The lowest BCUT2D eigenvalue weighted by Crippen LogP contribution is -2.07. The minimum atomic E-state index is -0.473. The molecule has 0 unspecified atom stereocenters. The van der Waals surface area contributed by atoms with Crippen molar-refractivity contribution >= 4 is 11.9 Å². The zero-order valence-corrected chi connectivity index (χ0v) is 17.7. The number of nitrogens with one attached hydrogen (secondary N) is 1. The van der Waals surface area contributed by atoms with Crippen molar-refractivity contribution in [3.05, 3.63) is 108 Å². The molecular formula is C27H23NO4. The molecule has 0 atom stereocenters. The molecule has 0 saturated heterocycles. The van der Waals surface area contributed by atoms with E-state index in [2.05, 4.69) is 4.98 Å². The summed E-state index contributed by atoms with van der Waals surface area (Å²) in [7, 11) is 0. The molecule has 160 valence electrons. The molecule has 0 aliphatic rings. The van der Waals surface area contributed by atoms with Gasteiger partial charge in [-0.15, -0.1) is 0 Å². The number of ether oxygens (including phenoxy) is 2. The quantitative estimate of drug-likeness (QED) is 0.382. The maximum Gasteiger partial charge on any atom is 0.355 e. The second-order valence-corrected chi connectivity index (χ2v) is 7.30. The van der Waals surface area contributed by atoms with E-state index in [1.54, 1.807) is 0 Å². The smallest absolute Gasteiger partial charge is 0.355 e. The van der Waals surface area contributed by atoms with Gasteiger partial charge in [-0.3, -0.25) is 4.79 Å². The summed E-state index contributed by atoms with van der Waals surface area (Å²) in [6.45, 7) is 1.54. The van der Waals surface area contributed by atoms with Gasteiger partial charge < -0.3 is 14.5 Å². The first-order chi connectivity index (χ1) is 15.6. The topological polar surface area (TPSA) is 68.4 Å². The lowest BCUT2D eigenvalue weighted by molar-refractivity contribution is -0.142. The number of H-pyrrole nitrogens is 1. The Morgan fingerprint density at radius 3 is 1.78 bits per heavy atom. The maximum absolute atomic E-state index is 13.2. The molecule has 4 rings (SSSR count). The van der Waals surface area contributed by atoms with Crippen molar-refractivity contribution in [1.82, 2.24) is 4.98 Å². The number of benzene rings is 3. The van der Waals surface area contributed by atoms with E-state index in [9.17, 15) is 9.59 Å². The van der Waals surface area contributed by atoms with Crippen molar-refractivity contribution in [3.63, 3.8) is 0 Å². The molecular weight excluding hydrogens is 402 g/mol. The molecule has 1 aromatic heterocycles. The van der Waals surface area contributed by atoms with Crippen LogP contribution >= 0.6 is 0 Å². The highest BCUT2D eigenvalue weighted by Gasteiger charge is 2.25. The average Bonchev–Trinajstić information content (AvgIpc) is 3.22. The third-order valence-electron chi connectivity index (χ3n) is 5.04. The largest absolute Gasteiger partial charge is 0.459 e. The van der Waals surface area contributed by atoms with Crippen LogP contribution in [0.2, 0.25) is 0 Å². The van der Waals surface area contributed by atoms with Crippen LogP contribution in [0.4, 0.5) is 0 Å². The van der Waals surface area contributed by atoms with Crippen molar-refractivity contribution in [2.75, 3.05) is 0 Å². The summed E-state index contributed by atoms with van der Waals surface area (Å²) in [6.07, 6.45) is 0. The highest BCUT2D eigenvalue weighted by Crippen LogP contribution is 2.39. The van der Waals surface area contributed by atoms with Gasteiger partial charge in [0.05, 0.1) is 5.69 Å². The predicted octanol–water partition coefficient (Wildman–Crippen LogP) is 5.77. The highest BCUT2D eigenvalue weighted by atomic mass is 16.5. The molecule has 0 amide bonds. The molecule has 5 heteroatoms. The number of carbonyl (C=O) groups excluding carboxylic acids is 2. The van der Waals surface area contributed by atoms with Gasteiger partial charge >= 0.3 is 11.9 Å². The second kappa shape index (κ2) is 9.79. The Labute approximate surface area is 186 Å². The molecule has 32 heavy (non-hydrogen) atoms. The van der Waals surface area contributed by atoms with Crippen molar-refractivity contribution in [1.29, 1.82) is 0 Å². The molecule has 0 aliphatic carbocycles. The molecule has 3 aromatic carbocycles. The summed E-state index contributed by atoms with van der Waals surface area (Å²) in [4.78, 5) is 27.9. The first-order valence-electron chi connectivity index (χ1n) is 10.3. The maximum atomic E-state index is 13.2. The summed E-state index contributed by atoms with van der Waals surface area (Å²) in [5.41, 5.74) is 5.17. The lowest BCUT2D eigenvalue weighted by atomic mass is 9.95. The number of rotatable bonds is 7. The van der Waals surface area contributed by atoms with Crippen molar-refractivity contribution in [2.45, 2.75) is 20.1 Å². The van der Waals surface area contributed by atoms with Gasteiger partial charge in [0.25, 0.3) is 0 Å². The zero-order valence-electron chi connectivity index (χ0n) is 17.7. The van der Waals surface area contributed by atoms with E-state index in [0.717, 1.165) is 27.8 Å². The Hall–Kier alpha value is -4.12. The first kappa shape index (κ1) is 21.1. The van der Waals surface area contributed by atoms with Gasteiger partial charge in [0.2, 0.25) is 0 Å². The monoisotopic (exact) mass is 425 g/mol. The minimum absolute atomic E-state index is 0.0192. The van der Waals surface area contributed by atoms with E-state index in [-0.39, 0.29) is 13.2 Å². The fourth-order valence-corrected chi connectivity index (χ4v) is 3.60. The highest BCUT2D eigenvalue weighted by molar-refractivity contribution is 6.02. The normalized spacial score (nSPS) is 10.5. The lowest BCUT2D eigenvalue weighted by Gasteiger charge is -2.10. The van der Waals surface area contributed by atoms with E-state index < -0.39 is 11.9 Å². The van der Waals surface area contributed by atoms with Gasteiger partial charge in [0.15, 0.2) is 0 Å². The Morgan fingerprint density at radius 2 is 1.22 bits per heavy atom. The second-order valence-electron chi connectivity index (χ2n) is 7.30. The molecule has 1 N–H and O–H groups in total. The van der Waals surface area contributed by atoms with Crippen LogP contribution in [-0.4, -0.2) is 16.9 Å². The van der Waals surface area contributed by atoms with E-state index in [0.29, 0.717) is 11.4 Å². The summed E-state index contributed by atoms with van der Waals surface area (Å²) in [5, 5.41) is 0. The van der Waals surface area contributed by atoms with Gasteiger partial charge in [0.1, 0.15) is 18.9 Å². The molecule has 4 aromatic rings. The Bertz CT molecular complexity index is 1200. The van der Waals surface area contributed by atoms with Crippen molar-refractivity contribution in [3.8, 4) is 22.3 Å². The standard InChI is InChI=1S/C27H23NO4/c1-19(29)31-18-23-24(21-13-7-3-8-14-21)25(22-15-9-4-10-16-22)26(28-23)27(30)32-17-20-11-5-2-6-12-20/h2-16,28H,17-18H2,1H3. The summed E-state index contributed by atoms with van der Waals surface area (Å²) >= 11 is 0. The zero-order chi connectivity index (χ0) is 22.3. The van der Waals surface area contributed by atoms with Crippen LogP contribution in [0.1, 0.15) is 28.7 Å². The van der Waals surface area contributed by atoms with Crippen LogP contribution in [0.25, 0.3) is 22.3 Å². The van der Waals surface area contributed by atoms with Crippen LogP contribution < -0.4 is 0 Å². The van der Waals surface area contributed by atoms with E-state index in [1.165, 1.54) is 6.92 Å². The number of carbonyl (C=O) groups is 2. The van der Waals surface area contributed by atoms with E-state index in [1.807, 2.05) is 91.0 Å². The summed E-state index contributed by atoms with van der Waals surface area (Å²) in [6, 6.07) is 28.9. The first-order valence-corrected chi connectivity index (χ1v) is 10.3. The van der Waals surface area contributed by atoms with Gasteiger partial charge in [-0.1, -0.05) is 91.0 Å². The molecule has 0 bridgehead atoms. The Kier molecular flexibility index (Phi) is 6.46. The summed E-state index contributed by atoms with van der Waals surface area (Å²) in [5.74, 6) is -0.868. The molecule has 0 fully saturated rings. The SMILES string of the molecule is CC(=O)OCc1[nH]c(C(=O)OCc2ccccc2)c(-c2ccccc2)c1-c1ccccc1. The van der Waals surface area contributed by atoms with Crippen molar-refractivity contribution < 1.29 is 19.1 Å². The number of aromatic amines is 1. The molecule has 5 nitrogen and oxygen atoms in total. The summed E-state index contributed by atoms with van der Waals surface area (Å²) < 4.78 is 10.9. The van der Waals surface area contributed by atoms with Gasteiger partial charge in [-0.2, -0.15) is 0 Å². The molecule has 0 radical (unpaired) electrons. The number of hydrogen-bond acceptors (Lipinski definition) is 4. The van der Waals surface area contributed by atoms with Gasteiger partial charge in [-0.25, -0.2) is 4.79 Å². The fraction of sp³-hybridized carbons (Fsp3) is 0.111. The van der Waals surface area contributed by atoms with Crippen LogP contribution in [0.5, 0.6) is 0 Å². The Balaban J connectivity index is 1.81. The van der Waals surface area contributed by atoms with Crippen LogP contribution in [0.15, 0.2) is 91.0 Å². The van der Waals surface area contributed by atoms with Gasteiger partial charge in [0, 0.05) is 18.1 Å². The van der Waals surface area contributed by atoms with E-state index >= 15 is 0 Å². The third kappa shape index (κ3) is 4.78. The average molecular weight is 425 g/mol. The fourth-order valence-electron chi connectivity index (χ4n) is 3.60. The van der Waals surface area contributed by atoms with E-state index in [4.69, 9.17) is 9.47 Å². The molecule has 0 aliphatic heterocycles. The van der Waals surface area contributed by atoms with Crippen LogP contribution in [0, 0.1) is 0 Å². The minimum Gasteiger partial charge on any atom is -0.459 e. The van der Waals surface area contributed by atoms with Gasteiger partial charge in [-0.05, 0) is 16.7 Å². The third-order valence-corrected chi connectivity index (χ3v) is 5.04. The molecule has 0 spiro atoms. The van der Waals surface area contributed by atoms with Crippen LogP contribution in [0.3, 0.4) is 0 Å². The molecule has 1 heterocycles. The van der Waals surface area contributed by atoms with Crippen LogP contribution in [-0.2, 0) is 27.5 Å². The molecule has 0 saturated carbocycles. The number of hydrogen-bond donors (Lipinski definition) is 1. The number of esters is 2. The Morgan fingerprint density at radius 1 is 0.688 bits per heavy atom. The van der Waals surface area contributed by atoms with Crippen molar-refractivity contribution in [2.24, 2.45) is 0 Å². The predicted molar refractivity (Wildman–Crippen MR) is 123 cm³/mol.